The Morgan fingerprint density at radius 3 is 2.75 bits per heavy atom. The van der Waals surface area contributed by atoms with Crippen molar-refractivity contribution in [1.29, 1.82) is 0 Å². The number of para-hydroxylation sites is 1. The van der Waals surface area contributed by atoms with Crippen LogP contribution >= 0.6 is 11.3 Å². The fourth-order valence-corrected chi connectivity index (χ4v) is 3.21. The Morgan fingerprint density at radius 2 is 2.00 bits per heavy atom. The topological polar surface area (TPSA) is 90.5 Å². The molecule has 124 valence electrons. The average molecular weight is 346 g/mol. The Balaban J connectivity index is 1.85. The number of hydrogen-bond acceptors (Lipinski definition) is 6. The van der Waals surface area contributed by atoms with E-state index in [1.165, 1.54) is 7.05 Å². The third-order valence-corrected chi connectivity index (χ3v) is 4.53. The van der Waals surface area contributed by atoms with E-state index < -0.39 is 17.3 Å². The standard InChI is InChI=1S/C16H14N2O5S/c1-17-13(20)11-7-9-24-14(11)18(15(17)21)16(22)23-8-6-10-4-2-3-5-12(10)19/h2-5,7,9,19H,6,8H2,1H3. The number of hydrogen-bond donors (Lipinski definition) is 1. The first-order chi connectivity index (χ1) is 11.5. The molecule has 0 aliphatic heterocycles. The summed E-state index contributed by atoms with van der Waals surface area (Å²) < 4.78 is 6.87. The van der Waals surface area contributed by atoms with Crippen LogP contribution in [0, 0.1) is 0 Å². The Labute approximate surface area is 140 Å². The van der Waals surface area contributed by atoms with Crippen molar-refractivity contribution in [2.75, 3.05) is 6.61 Å². The van der Waals surface area contributed by atoms with Crippen molar-refractivity contribution >= 4 is 27.6 Å². The molecule has 0 unspecified atom stereocenters. The minimum Gasteiger partial charge on any atom is -0.508 e. The number of nitrogens with zero attached hydrogens (tertiary/aromatic N) is 2. The maximum absolute atomic E-state index is 12.3. The van der Waals surface area contributed by atoms with Crippen molar-refractivity contribution in [1.82, 2.24) is 9.13 Å². The largest absolute Gasteiger partial charge is 0.508 e. The maximum atomic E-state index is 12.3. The molecule has 3 rings (SSSR count). The molecule has 3 aromatic rings. The fourth-order valence-electron chi connectivity index (χ4n) is 2.34. The first kappa shape index (κ1) is 16.0. The van der Waals surface area contributed by atoms with Crippen LogP contribution in [0.5, 0.6) is 5.75 Å². The lowest BCUT2D eigenvalue weighted by Gasteiger charge is -2.09. The van der Waals surface area contributed by atoms with Crippen LogP contribution in [0.4, 0.5) is 4.79 Å². The second-order valence-corrected chi connectivity index (χ2v) is 6.01. The van der Waals surface area contributed by atoms with Gasteiger partial charge in [-0.3, -0.25) is 9.36 Å². The number of fused-ring (bicyclic) bond motifs is 1. The molecule has 1 N–H and O–H groups in total. The van der Waals surface area contributed by atoms with Gasteiger partial charge in [0.1, 0.15) is 10.6 Å². The molecule has 0 fully saturated rings. The van der Waals surface area contributed by atoms with Crippen LogP contribution in [0.3, 0.4) is 0 Å². The second-order valence-electron chi connectivity index (χ2n) is 5.11. The highest BCUT2D eigenvalue weighted by Crippen LogP contribution is 2.17. The molecule has 0 atom stereocenters. The van der Waals surface area contributed by atoms with Crippen molar-refractivity contribution in [3.8, 4) is 5.75 Å². The third-order valence-electron chi connectivity index (χ3n) is 3.63. The number of rotatable bonds is 3. The summed E-state index contributed by atoms with van der Waals surface area (Å²) in [5.41, 5.74) is -0.559. The van der Waals surface area contributed by atoms with Crippen molar-refractivity contribution in [2.45, 2.75) is 6.42 Å². The second kappa shape index (κ2) is 6.32. The summed E-state index contributed by atoms with van der Waals surface area (Å²) in [5, 5.41) is 11.6. The van der Waals surface area contributed by atoms with E-state index >= 15 is 0 Å². The van der Waals surface area contributed by atoms with Gasteiger partial charge in [0.25, 0.3) is 5.56 Å². The SMILES string of the molecule is Cn1c(=O)c2ccsc2n(C(=O)OCCc2ccccc2O)c1=O. The van der Waals surface area contributed by atoms with Crippen molar-refractivity contribution in [3.05, 3.63) is 62.1 Å². The zero-order valence-electron chi connectivity index (χ0n) is 12.8. The predicted molar refractivity (Wildman–Crippen MR) is 89.9 cm³/mol. The van der Waals surface area contributed by atoms with Crippen LogP contribution in [0.2, 0.25) is 0 Å². The molecule has 24 heavy (non-hydrogen) atoms. The van der Waals surface area contributed by atoms with E-state index in [2.05, 4.69) is 0 Å². The first-order valence-electron chi connectivity index (χ1n) is 7.14. The monoisotopic (exact) mass is 346 g/mol. The van der Waals surface area contributed by atoms with E-state index in [0.717, 1.165) is 20.5 Å². The molecule has 7 nitrogen and oxygen atoms in total. The number of carbonyl (C=O) groups is 1. The van der Waals surface area contributed by atoms with Gasteiger partial charge in [-0.15, -0.1) is 11.3 Å². The van der Waals surface area contributed by atoms with E-state index in [9.17, 15) is 19.5 Å². The van der Waals surface area contributed by atoms with E-state index in [-0.39, 0.29) is 17.2 Å². The van der Waals surface area contributed by atoms with Crippen LogP contribution in [0.15, 0.2) is 45.3 Å². The highest BCUT2D eigenvalue weighted by atomic mass is 32.1. The predicted octanol–water partition coefficient (Wildman–Crippen LogP) is 1.69. The van der Waals surface area contributed by atoms with Crippen LogP contribution in [-0.4, -0.2) is 26.9 Å². The lowest BCUT2D eigenvalue weighted by molar-refractivity contribution is 0.148. The number of aromatic nitrogens is 2. The fraction of sp³-hybridized carbons (Fsp3) is 0.188. The summed E-state index contributed by atoms with van der Waals surface area (Å²) in [4.78, 5) is 36.8. The molecular weight excluding hydrogens is 332 g/mol. The lowest BCUT2D eigenvalue weighted by atomic mass is 10.1. The zero-order chi connectivity index (χ0) is 17.3. The number of phenols is 1. The number of carbonyl (C=O) groups excluding carboxylic acids is 1. The van der Waals surface area contributed by atoms with Crippen LogP contribution in [0.1, 0.15) is 5.56 Å². The van der Waals surface area contributed by atoms with E-state index in [4.69, 9.17) is 4.74 Å². The quantitative estimate of drug-likeness (QED) is 0.779. The summed E-state index contributed by atoms with van der Waals surface area (Å²) in [6.07, 6.45) is -0.537. The van der Waals surface area contributed by atoms with Gasteiger partial charge in [-0.1, -0.05) is 18.2 Å². The normalized spacial score (nSPS) is 10.9. The van der Waals surface area contributed by atoms with Crippen molar-refractivity contribution in [2.24, 2.45) is 7.05 Å². The van der Waals surface area contributed by atoms with Gasteiger partial charge in [0.15, 0.2) is 0 Å². The summed E-state index contributed by atoms with van der Waals surface area (Å²) in [5.74, 6) is 0.119. The van der Waals surface area contributed by atoms with Crippen molar-refractivity contribution in [3.63, 3.8) is 0 Å². The molecule has 2 heterocycles. The molecule has 2 aromatic heterocycles. The van der Waals surface area contributed by atoms with Gasteiger partial charge in [0.2, 0.25) is 0 Å². The van der Waals surface area contributed by atoms with Gasteiger partial charge in [-0.25, -0.2) is 9.59 Å². The van der Waals surface area contributed by atoms with Gasteiger partial charge in [-0.2, -0.15) is 4.57 Å². The molecule has 0 spiro atoms. The van der Waals surface area contributed by atoms with E-state index in [1.54, 1.807) is 35.7 Å². The smallest absolute Gasteiger partial charge is 0.423 e. The number of phenolic OH excluding ortho intramolecular Hbond substituents is 1. The molecule has 8 heteroatoms. The average Bonchev–Trinajstić information content (AvgIpc) is 3.04. The Kier molecular flexibility index (Phi) is 4.22. The molecule has 0 aliphatic carbocycles. The summed E-state index contributed by atoms with van der Waals surface area (Å²) >= 11 is 1.12. The van der Waals surface area contributed by atoms with E-state index in [0.29, 0.717) is 17.4 Å². The Morgan fingerprint density at radius 1 is 1.25 bits per heavy atom. The Hall–Kier alpha value is -2.87. The maximum Gasteiger partial charge on any atom is 0.423 e. The number of thiophene rings is 1. The lowest BCUT2D eigenvalue weighted by Crippen LogP contribution is -2.40. The highest BCUT2D eigenvalue weighted by Gasteiger charge is 2.18. The van der Waals surface area contributed by atoms with Crippen LogP contribution in [0.25, 0.3) is 10.2 Å². The Bertz CT molecular complexity index is 1030. The van der Waals surface area contributed by atoms with Gasteiger partial charge in [-0.05, 0) is 23.1 Å². The van der Waals surface area contributed by atoms with Gasteiger partial charge >= 0.3 is 11.8 Å². The number of aromatic hydroxyl groups is 1. The minimum atomic E-state index is -0.849. The van der Waals surface area contributed by atoms with Gasteiger partial charge < -0.3 is 9.84 Å². The zero-order valence-corrected chi connectivity index (χ0v) is 13.6. The first-order valence-corrected chi connectivity index (χ1v) is 8.02. The molecule has 0 saturated heterocycles. The molecule has 0 radical (unpaired) electrons. The van der Waals surface area contributed by atoms with Gasteiger partial charge in [0.05, 0.1) is 12.0 Å². The molecule has 0 saturated carbocycles. The molecule has 0 amide bonds. The van der Waals surface area contributed by atoms with Crippen LogP contribution in [-0.2, 0) is 18.2 Å². The highest BCUT2D eigenvalue weighted by molar-refractivity contribution is 7.16. The number of benzene rings is 1. The molecular formula is C16H14N2O5S. The van der Waals surface area contributed by atoms with E-state index in [1.807, 2.05) is 0 Å². The molecule has 0 bridgehead atoms. The van der Waals surface area contributed by atoms with Crippen LogP contribution < -0.4 is 11.2 Å². The third kappa shape index (κ3) is 2.71. The summed E-state index contributed by atoms with van der Waals surface area (Å²) in [6, 6.07) is 8.29. The summed E-state index contributed by atoms with van der Waals surface area (Å²) in [6.45, 7) is -0.00143. The summed E-state index contributed by atoms with van der Waals surface area (Å²) in [7, 11) is 1.31. The van der Waals surface area contributed by atoms with Crippen molar-refractivity contribution < 1.29 is 14.6 Å². The molecule has 0 aliphatic rings. The minimum absolute atomic E-state index is 0.00143. The number of ether oxygens (including phenoxy) is 1. The van der Waals surface area contributed by atoms with Gasteiger partial charge in [0, 0.05) is 13.5 Å². The molecule has 1 aromatic carbocycles.